The molecule has 0 radical (unpaired) electrons. The van der Waals surface area contributed by atoms with Crippen molar-refractivity contribution in [2.45, 2.75) is 12.6 Å². The molecule has 0 aliphatic carbocycles. The third-order valence-corrected chi connectivity index (χ3v) is 4.10. The number of halogens is 2. The van der Waals surface area contributed by atoms with Gasteiger partial charge in [-0.3, -0.25) is 9.69 Å². The number of hydrogen-bond donors (Lipinski definition) is 0. The van der Waals surface area contributed by atoms with E-state index in [1.165, 1.54) is 18.2 Å². The van der Waals surface area contributed by atoms with Crippen LogP contribution < -0.4 is 4.74 Å². The lowest BCUT2D eigenvalue weighted by Gasteiger charge is -2.39. The van der Waals surface area contributed by atoms with Gasteiger partial charge in [0, 0.05) is 6.54 Å². The van der Waals surface area contributed by atoms with E-state index in [-0.39, 0.29) is 30.1 Å². The van der Waals surface area contributed by atoms with Crippen molar-refractivity contribution >= 4 is 5.91 Å². The summed E-state index contributed by atoms with van der Waals surface area (Å²) in [5.74, 6) is -0.457. The van der Waals surface area contributed by atoms with E-state index in [4.69, 9.17) is 4.74 Å². The van der Waals surface area contributed by atoms with Crippen molar-refractivity contribution in [3.63, 3.8) is 0 Å². The number of likely N-dealkylation sites (tertiary alicyclic amines) is 1. The molecule has 25 heavy (non-hydrogen) atoms. The molecule has 0 bridgehead atoms. The molecule has 0 unspecified atom stereocenters. The van der Waals surface area contributed by atoms with Gasteiger partial charge in [0.05, 0.1) is 19.6 Å². The first-order valence-corrected chi connectivity index (χ1v) is 8.13. The van der Waals surface area contributed by atoms with Crippen molar-refractivity contribution in [3.8, 4) is 5.75 Å². The smallest absolute Gasteiger partial charge is 0.237 e. The first-order valence-electron chi connectivity index (χ1n) is 8.13. The number of benzene rings is 2. The van der Waals surface area contributed by atoms with Crippen LogP contribution in [0.25, 0.3) is 0 Å². The molecule has 3 rings (SSSR count). The number of rotatable bonds is 6. The minimum Gasteiger partial charge on any atom is -0.484 e. The van der Waals surface area contributed by atoms with Crippen LogP contribution in [-0.2, 0) is 11.3 Å². The quantitative estimate of drug-likeness (QED) is 0.806. The molecule has 1 aliphatic heterocycles. The predicted molar refractivity (Wildman–Crippen MR) is 90.1 cm³/mol. The van der Waals surface area contributed by atoms with E-state index >= 15 is 0 Å². The number of likely N-dealkylation sites (N-methyl/N-ethyl adjacent to an activating group) is 1. The lowest BCUT2D eigenvalue weighted by atomic mass is 10.1. The zero-order valence-electron chi connectivity index (χ0n) is 14.0. The number of ether oxygens (including phenoxy) is 1. The molecule has 1 aliphatic rings. The summed E-state index contributed by atoms with van der Waals surface area (Å²) >= 11 is 0. The molecule has 6 heteroatoms. The van der Waals surface area contributed by atoms with Crippen molar-refractivity contribution in [1.29, 1.82) is 0 Å². The summed E-state index contributed by atoms with van der Waals surface area (Å²) in [6.07, 6.45) is -0.178. The van der Waals surface area contributed by atoms with Gasteiger partial charge in [0.25, 0.3) is 0 Å². The van der Waals surface area contributed by atoms with E-state index in [1.54, 1.807) is 35.2 Å². The van der Waals surface area contributed by atoms with Crippen LogP contribution in [0.4, 0.5) is 8.78 Å². The molecule has 1 amide bonds. The Bertz CT molecular complexity index is 730. The van der Waals surface area contributed by atoms with Crippen LogP contribution in [0.3, 0.4) is 0 Å². The fourth-order valence-corrected chi connectivity index (χ4v) is 2.72. The average Bonchev–Trinajstić information content (AvgIpc) is 2.54. The minimum absolute atomic E-state index is 0.00186. The fourth-order valence-electron chi connectivity index (χ4n) is 2.72. The number of hydrogen-bond acceptors (Lipinski definition) is 3. The number of nitrogens with zero attached hydrogens (tertiary/aromatic N) is 2. The first-order chi connectivity index (χ1) is 12.0. The van der Waals surface area contributed by atoms with Crippen molar-refractivity contribution in [2.75, 3.05) is 26.7 Å². The molecule has 2 aromatic rings. The summed E-state index contributed by atoms with van der Waals surface area (Å²) in [4.78, 5) is 15.8. The normalized spacial score (nSPS) is 14.5. The van der Waals surface area contributed by atoms with Crippen LogP contribution in [0.2, 0.25) is 0 Å². The van der Waals surface area contributed by atoms with E-state index in [1.807, 2.05) is 11.9 Å². The van der Waals surface area contributed by atoms with Gasteiger partial charge in [-0.1, -0.05) is 24.3 Å². The summed E-state index contributed by atoms with van der Waals surface area (Å²) in [7, 11) is 1.84. The maximum absolute atomic E-state index is 13.5. The Hall–Kier alpha value is -2.47. The predicted octanol–water partition coefficient (Wildman–Crippen LogP) is 2.69. The third kappa shape index (κ3) is 4.54. The van der Waals surface area contributed by atoms with Crippen molar-refractivity contribution in [2.24, 2.45) is 0 Å². The standard InChI is InChI=1S/C19H20F2N2O2/c1-22(10-14-6-8-15(20)9-7-14)13-19(24)23-11-16(12-23)25-18-5-3-2-4-17(18)21/h2-9,16H,10-13H2,1H3. The Morgan fingerprint density at radius 3 is 2.52 bits per heavy atom. The molecule has 0 spiro atoms. The highest BCUT2D eigenvalue weighted by molar-refractivity contribution is 5.79. The average molecular weight is 346 g/mol. The number of para-hydroxylation sites is 1. The SMILES string of the molecule is CN(CC(=O)N1CC(Oc2ccccc2F)C1)Cc1ccc(F)cc1. The lowest BCUT2D eigenvalue weighted by molar-refractivity contribution is -0.141. The first kappa shape index (κ1) is 17.4. The second-order valence-electron chi connectivity index (χ2n) is 6.27. The molecule has 0 N–H and O–H groups in total. The fraction of sp³-hybridized carbons (Fsp3) is 0.316. The zero-order valence-corrected chi connectivity index (χ0v) is 14.0. The van der Waals surface area contributed by atoms with E-state index < -0.39 is 5.82 Å². The molecule has 0 aromatic heterocycles. The Balaban J connectivity index is 1.42. The summed E-state index contributed by atoms with van der Waals surface area (Å²) in [6.45, 7) is 1.74. The molecular weight excluding hydrogens is 326 g/mol. The molecule has 1 fully saturated rings. The van der Waals surface area contributed by atoms with Crippen LogP contribution in [0.1, 0.15) is 5.56 Å². The monoisotopic (exact) mass is 346 g/mol. The topological polar surface area (TPSA) is 32.8 Å². The lowest BCUT2D eigenvalue weighted by Crippen LogP contribution is -2.58. The van der Waals surface area contributed by atoms with Gasteiger partial charge >= 0.3 is 0 Å². The van der Waals surface area contributed by atoms with Gasteiger partial charge < -0.3 is 9.64 Å². The highest BCUT2D eigenvalue weighted by atomic mass is 19.1. The molecule has 0 saturated carbocycles. The van der Waals surface area contributed by atoms with Crippen LogP contribution >= 0.6 is 0 Å². The molecule has 4 nitrogen and oxygen atoms in total. The van der Waals surface area contributed by atoms with Gasteiger partial charge in [-0.2, -0.15) is 0 Å². The maximum Gasteiger partial charge on any atom is 0.237 e. The second-order valence-corrected chi connectivity index (χ2v) is 6.27. The van der Waals surface area contributed by atoms with Crippen LogP contribution in [-0.4, -0.2) is 48.5 Å². The van der Waals surface area contributed by atoms with Gasteiger partial charge in [-0.25, -0.2) is 8.78 Å². The summed E-state index contributed by atoms with van der Waals surface area (Å²) in [6, 6.07) is 12.5. The molecular formula is C19H20F2N2O2. The number of carbonyl (C=O) groups is 1. The Morgan fingerprint density at radius 2 is 1.84 bits per heavy atom. The van der Waals surface area contributed by atoms with Gasteiger partial charge in [-0.05, 0) is 36.9 Å². The maximum atomic E-state index is 13.5. The largest absolute Gasteiger partial charge is 0.484 e. The van der Waals surface area contributed by atoms with Gasteiger partial charge in [0.2, 0.25) is 5.91 Å². The molecule has 1 saturated heterocycles. The Kier molecular flexibility index (Phi) is 5.28. The highest BCUT2D eigenvalue weighted by Gasteiger charge is 2.32. The molecule has 1 heterocycles. The second kappa shape index (κ2) is 7.61. The number of amides is 1. The van der Waals surface area contributed by atoms with E-state index in [0.717, 1.165) is 5.56 Å². The number of carbonyl (C=O) groups excluding carboxylic acids is 1. The zero-order chi connectivity index (χ0) is 17.8. The molecule has 132 valence electrons. The van der Waals surface area contributed by atoms with E-state index in [0.29, 0.717) is 19.6 Å². The molecule has 2 aromatic carbocycles. The van der Waals surface area contributed by atoms with E-state index in [2.05, 4.69) is 0 Å². The molecule has 0 atom stereocenters. The van der Waals surface area contributed by atoms with Gasteiger partial charge in [0.15, 0.2) is 11.6 Å². The van der Waals surface area contributed by atoms with Gasteiger partial charge in [0.1, 0.15) is 11.9 Å². The summed E-state index contributed by atoms with van der Waals surface area (Å²) in [5, 5.41) is 0. The Labute approximate surface area is 145 Å². The van der Waals surface area contributed by atoms with Crippen LogP contribution in [0, 0.1) is 11.6 Å². The van der Waals surface area contributed by atoms with Crippen molar-refractivity contribution < 1.29 is 18.3 Å². The van der Waals surface area contributed by atoms with Crippen molar-refractivity contribution in [1.82, 2.24) is 9.80 Å². The minimum atomic E-state index is -0.397. The van der Waals surface area contributed by atoms with E-state index in [9.17, 15) is 13.6 Å². The third-order valence-electron chi connectivity index (χ3n) is 4.10. The van der Waals surface area contributed by atoms with Crippen LogP contribution in [0.5, 0.6) is 5.75 Å². The Morgan fingerprint density at radius 1 is 1.16 bits per heavy atom. The summed E-state index contributed by atoms with van der Waals surface area (Å²) < 4.78 is 32.0. The highest BCUT2D eigenvalue weighted by Crippen LogP contribution is 2.21. The van der Waals surface area contributed by atoms with Crippen molar-refractivity contribution in [3.05, 3.63) is 65.7 Å². The van der Waals surface area contributed by atoms with Crippen LogP contribution in [0.15, 0.2) is 48.5 Å². The summed E-state index contributed by atoms with van der Waals surface area (Å²) in [5.41, 5.74) is 0.945. The van der Waals surface area contributed by atoms with Gasteiger partial charge in [-0.15, -0.1) is 0 Å².